The van der Waals surface area contributed by atoms with Crippen LogP contribution in [0.5, 0.6) is 5.75 Å². The zero-order chi connectivity index (χ0) is 27.4. The van der Waals surface area contributed by atoms with Gasteiger partial charge in [-0.1, -0.05) is 31.0 Å². The predicted octanol–water partition coefficient (Wildman–Crippen LogP) is 6.81. The molecule has 1 aromatic heterocycles. The number of nitrogens with zero attached hydrogens (tertiary/aromatic N) is 2. The van der Waals surface area contributed by atoms with Crippen LogP contribution >= 0.6 is 11.6 Å². The van der Waals surface area contributed by atoms with Crippen LogP contribution in [0.2, 0.25) is 5.02 Å². The third kappa shape index (κ3) is 6.97. The molecule has 0 unspecified atom stereocenters. The Bertz CT molecular complexity index is 1300. The summed E-state index contributed by atoms with van der Waals surface area (Å²) >= 11 is 6.36. The van der Waals surface area contributed by atoms with Crippen LogP contribution in [-0.2, 0) is 11.2 Å². The first-order valence-electron chi connectivity index (χ1n) is 12.0. The fraction of sp³-hybridized carbons (Fsp3) is 0.407. The Morgan fingerprint density at radius 3 is 2.41 bits per heavy atom. The number of carbonyl (C=O) groups excluding carboxylic acids is 1. The van der Waals surface area contributed by atoms with E-state index in [2.05, 4.69) is 21.9 Å². The van der Waals surface area contributed by atoms with Crippen LogP contribution in [0.4, 0.5) is 13.2 Å². The van der Waals surface area contributed by atoms with Gasteiger partial charge in [-0.05, 0) is 75.6 Å². The van der Waals surface area contributed by atoms with Crippen LogP contribution in [0.3, 0.4) is 0 Å². The van der Waals surface area contributed by atoms with Gasteiger partial charge in [0.25, 0.3) is 0 Å². The number of benzene rings is 2. The second-order valence-corrected chi connectivity index (χ2v) is 9.83. The summed E-state index contributed by atoms with van der Waals surface area (Å²) < 4.78 is 45.4. The van der Waals surface area contributed by atoms with Crippen molar-refractivity contribution >= 4 is 17.4 Å². The molecular formula is C27H29ClF3N3O3. The standard InChI is InChI=1S/C27H29ClF3N3O3/c1-5-6-16(2)37-19-11-9-18(10-12-19)23-32-24(34-25(36)33-23)20-15-17(7-13-21(20)28)8-14-22(35)26(3,4)27(29,30)31/h7,9-13,15-16H,5-6,8,14H2,1-4H3,(H,32,33,34,36)/t16-/m1/s1. The molecule has 1 N–H and O–H groups in total. The third-order valence-corrected chi connectivity index (χ3v) is 6.46. The van der Waals surface area contributed by atoms with E-state index in [0.717, 1.165) is 26.7 Å². The number of aromatic amines is 1. The van der Waals surface area contributed by atoms with Crippen molar-refractivity contribution in [3.8, 4) is 28.5 Å². The quantitative estimate of drug-likeness (QED) is 0.308. The predicted molar refractivity (Wildman–Crippen MR) is 137 cm³/mol. The fourth-order valence-corrected chi connectivity index (χ4v) is 3.87. The first-order valence-corrected chi connectivity index (χ1v) is 12.3. The number of carbonyl (C=O) groups is 1. The first kappa shape index (κ1) is 28.4. The second kappa shape index (κ2) is 11.5. The third-order valence-electron chi connectivity index (χ3n) is 6.13. The van der Waals surface area contributed by atoms with E-state index < -0.39 is 23.1 Å². The van der Waals surface area contributed by atoms with Crippen LogP contribution < -0.4 is 10.4 Å². The topological polar surface area (TPSA) is 84.9 Å². The highest BCUT2D eigenvalue weighted by Gasteiger charge is 2.51. The van der Waals surface area contributed by atoms with Crippen LogP contribution in [0.25, 0.3) is 22.8 Å². The molecule has 0 aliphatic heterocycles. The van der Waals surface area contributed by atoms with Gasteiger partial charge in [0.1, 0.15) is 22.8 Å². The van der Waals surface area contributed by atoms with E-state index in [1.54, 1.807) is 42.5 Å². The smallest absolute Gasteiger partial charge is 0.400 e. The summed E-state index contributed by atoms with van der Waals surface area (Å²) in [7, 11) is 0. The van der Waals surface area contributed by atoms with Crippen molar-refractivity contribution in [3.63, 3.8) is 0 Å². The minimum Gasteiger partial charge on any atom is -0.491 e. The number of hydrogen-bond acceptors (Lipinski definition) is 5. The van der Waals surface area contributed by atoms with E-state index in [0.29, 0.717) is 22.4 Å². The molecule has 0 aliphatic rings. The maximum Gasteiger partial charge on any atom is 0.400 e. The average Bonchev–Trinajstić information content (AvgIpc) is 2.82. The molecule has 0 bridgehead atoms. The summed E-state index contributed by atoms with van der Waals surface area (Å²) in [5.74, 6) is 0.107. The Kier molecular flexibility index (Phi) is 8.79. The molecule has 0 aliphatic carbocycles. The van der Waals surface area contributed by atoms with Crippen molar-refractivity contribution in [3.05, 3.63) is 63.5 Å². The van der Waals surface area contributed by atoms with Gasteiger partial charge in [-0.2, -0.15) is 18.2 Å². The van der Waals surface area contributed by atoms with Crippen molar-refractivity contribution < 1.29 is 22.7 Å². The van der Waals surface area contributed by atoms with Gasteiger partial charge in [-0.25, -0.2) is 9.78 Å². The molecule has 198 valence electrons. The highest BCUT2D eigenvalue weighted by Crippen LogP contribution is 2.39. The van der Waals surface area contributed by atoms with Gasteiger partial charge in [0.2, 0.25) is 0 Å². The number of aromatic nitrogens is 3. The van der Waals surface area contributed by atoms with Gasteiger partial charge in [-0.15, -0.1) is 0 Å². The number of nitrogens with one attached hydrogen (secondary N) is 1. The molecule has 3 aromatic rings. The summed E-state index contributed by atoms with van der Waals surface area (Å²) in [6, 6.07) is 11.8. The lowest BCUT2D eigenvalue weighted by Gasteiger charge is -2.26. The summed E-state index contributed by atoms with van der Waals surface area (Å²) in [5, 5.41) is 0.277. The van der Waals surface area contributed by atoms with E-state index in [9.17, 15) is 22.8 Å². The van der Waals surface area contributed by atoms with Gasteiger partial charge in [0.15, 0.2) is 5.82 Å². The molecule has 0 fully saturated rings. The number of ketones is 1. The zero-order valence-electron chi connectivity index (χ0n) is 21.1. The van der Waals surface area contributed by atoms with Crippen molar-refractivity contribution in [1.29, 1.82) is 0 Å². The Morgan fingerprint density at radius 1 is 1.11 bits per heavy atom. The summed E-state index contributed by atoms with van der Waals surface area (Å²) in [4.78, 5) is 35.5. The van der Waals surface area contributed by atoms with E-state index >= 15 is 0 Å². The molecule has 1 atom stereocenters. The van der Waals surface area contributed by atoms with Crippen molar-refractivity contribution in [1.82, 2.24) is 15.0 Å². The second-order valence-electron chi connectivity index (χ2n) is 9.43. The van der Waals surface area contributed by atoms with Crippen molar-refractivity contribution in [2.75, 3.05) is 0 Å². The van der Waals surface area contributed by atoms with Gasteiger partial charge in [0, 0.05) is 17.5 Å². The number of alkyl halides is 3. The fourth-order valence-electron chi connectivity index (χ4n) is 3.66. The molecule has 6 nitrogen and oxygen atoms in total. The van der Waals surface area contributed by atoms with E-state index in [1.165, 1.54) is 0 Å². The van der Waals surface area contributed by atoms with Crippen LogP contribution in [-0.4, -0.2) is 33.0 Å². The molecular weight excluding hydrogens is 507 g/mol. The maximum atomic E-state index is 13.2. The number of Topliss-reactive ketones (excluding diaryl/α,β-unsaturated/α-hetero) is 1. The molecule has 3 rings (SSSR count). The van der Waals surface area contributed by atoms with E-state index in [-0.39, 0.29) is 35.6 Å². The maximum absolute atomic E-state index is 13.2. The molecule has 0 radical (unpaired) electrons. The summed E-state index contributed by atoms with van der Waals surface area (Å²) in [6.07, 6.45) is -2.86. The molecule has 0 spiro atoms. The Morgan fingerprint density at radius 2 is 1.78 bits per heavy atom. The highest BCUT2D eigenvalue weighted by atomic mass is 35.5. The number of hydrogen-bond donors (Lipinski definition) is 1. The monoisotopic (exact) mass is 535 g/mol. The minimum atomic E-state index is -4.63. The zero-order valence-corrected chi connectivity index (χ0v) is 21.8. The van der Waals surface area contributed by atoms with Gasteiger partial charge in [0.05, 0.1) is 11.1 Å². The van der Waals surface area contributed by atoms with Gasteiger partial charge >= 0.3 is 11.9 Å². The number of H-pyrrole nitrogens is 1. The van der Waals surface area contributed by atoms with Gasteiger partial charge in [-0.3, -0.25) is 9.78 Å². The van der Waals surface area contributed by atoms with E-state index in [4.69, 9.17) is 16.3 Å². The number of aryl methyl sites for hydroxylation is 1. The SMILES string of the molecule is CCC[C@@H](C)Oc1ccc(-c2nc(-c3cc(CCC(=O)C(C)(C)C(F)(F)F)ccc3Cl)[nH]c(=O)n2)cc1. The molecule has 0 saturated carbocycles. The Labute approximate surface area is 218 Å². The lowest BCUT2D eigenvalue weighted by atomic mass is 9.84. The molecule has 37 heavy (non-hydrogen) atoms. The first-order chi connectivity index (χ1) is 17.3. The van der Waals surface area contributed by atoms with Crippen molar-refractivity contribution in [2.24, 2.45) is 5.41 Å². The minimum absolute atomic E-state index is 0.0718. The summed E-state index contributed by atoms with van der Waals surface area (Å²) in [6.45, 7) is 5.83. The van der Waals surface area contributed by atoms with E-state index in [1.807, 2.05) is 6.92 Å². The number of halogens is 4. The Hall–Kier alpha value is -3.20. The molecule has 0 saturated heterocycles. The highest BCUT2D eigenvalue weighted by molar-refractivity contribution is 6.33. The van der Waals surface area contributed by atoms with Gasteiger partial charge < -0.3 is 4.74 Å². The van der Waals surface area contributed by atoms with Crippen LogP contribution in [0.15, 0.2) is 47.3 Å². The average molecular weight is 536 g/mol. The summed E-state index contributed by atoms with van der Waals surface area (Å²) in [5.41, 5.74) is -1.54. The number of ether oxygens (including phenoxy) is 1. The molecule has 1 heterocycles. The van der Waals surface area contributed by atoms with Crippen LogP contribution in [0, 0.1) is 5.41 Å². The van der Waals surface area contributed by atoms with Crippen LogP contribution in [0.1, 0.15) is 52.5 Å². The normalized spacial score (nSPS) is 12.9. The lowest BCUT2D eigenvalue weighted by molar-refractivity contribution is -0.210. The lowest BCUT2D eigenvalue weighted by Crippen LogP contribution is -2.39. The number of rotatable bonds is 10. The molecule has 0 amide bonds. The largest absolute Gasteiger partial charge is 0.491 e. The van der Waals surface area contributed by atoms with Crippen molar-refractivity contribution in [2.45, 2.75) is 65.7 Å². The molecule has 2 aromatic carbocycles. The Balaban J connectivity index is 1.84. The molecule has 10 heteroatoms.